The molecule has 1 saturated carbocycles. The minimum atomic E-state index is 0.388. The molecule has 0 aromatic heterocycles. The van der Waals surface area contributed by atoms with E-state index in [4.69, 9.17) is 4.74 Å². The topological polar surface area (TPSA) is 24.5 Å². The first-order valence-corrected chi connectivity index (χ1v) is 7.40. The lowest BCUT2D eigenvalue weighted by Gasteiger charge is -2.21. The average Bonchev–Trinajstić information content (AvgIpc) is 3.19. The third kappa shape index (κ3) is 3.10. The monoisotopic (exact) mass is 260 g/mol. The summed E-state index contributed by atoms with van der Waals surface area (Å²) in [5, 5.41) is 3.76. The number of ether oxygens (including phenoxy) is 1. The van der Waals surface area contributed by atoms with Crippen LogP contribution in [-0.2, 0) is 0 Å². The summed E-state index contributed by atoms with van der Waals surface area (Å²) in [5.74, 6) is 0.942. The third-order valence-corrected chi connectivity index (χ3v) is 4.36. The number of likely N-dealkylation sites (tertiary alicyclic amines) is 1. The summed E-state index contributed by atoms with van der Waals surface area (Å²) in [4.78, 5) is 2.65. The minimum Gasteiger partial charge on any atom is -0.497 e. The minimum absolute atomic E-state index is 0.388. The first kappa shape index (κ1) is 12.9. The van der Waals surface area contributed by atoms with E-state index in [9.17, 15) is 0 Å². The smallest absolute Gasteiger partial charge is 0.119 e. The van der Waals surface area contributed by atoms with Crippen LogP contribution in [0.4, 0.5) is 0 Å². The molecule has 3 heteroatoms. The molecule has 2 aliphatic rings. The van der Waals surface area contributed by atoms with Crippen molar-refractivity contribution in [2.45, 2.75) is 44.3 Å². The molecule has 1 unspecified atom stereocenters. The largest absolute Gasteiger partial charge is 0.497 e. The zero-order valence-corrected chi connectivity index (χ0v) is 11.9. The van der Waals surface area contributed by atoms with Crippen molar-refractivity contribution in [1.82, 2.24) is 10.2 Å². The van der Waals surface area contributed by atoms with Crippen LogP contribution in [0, 0.1) is 0 Å². The molecule has 1 aromatic carbocycles. The number of nitrogens with zero attached hydrogens (tertiary/aromatic N) is 1. The Kier molecular flexibility index (Phi) is 3.76. The van der Waals surface area contributed by atoms with E-state index in [1.165, 1.54) is 37.9 Å². The van der Waals surface area contributed by atoms with E-state index in [0.717, 1.165) is 11.8 Å². The Morgan fingerprint density at radius 1 is 1.32 bits per heavy atom. The van der Waals surface area contributed by atoms with Gasteiger partial charge in [0, 0.05) is 31.2 Å². The van der Waals surface area contributed by atoms with Crippen LogP contribution in [0.25, 0.3) is 0 Å². The lowest BCUT2D eigenvalue weighted by Crippen LogP contribution is -2.34. The maximum atomic E-state index is 5.30. The van der Waals surface area contributed by atoms with Gasteiger partial charge >= 0.3 is 0 Å². The molecule has 0 radical (unpaired) electrons. The second-order valence-corrected chi connectivity index (χ2v) is 5.88. The van der Waals surface area contributed by atoms with E-state index in [1.54, 1.807) is 7.11 Å². The highest BCUT2D eigenvalue weighted by Gasteiger charge is 2.34. The van der Waals surface area contributed by atoms with Gasteiger partial charge in [0.2, 0.25) is 0 Å². The van der Waals surface area contributed by atoms with Crippen molar-refractivity contribution in [2.75, 3.05) is 20.2 Å². The summed E-state index contributed by atoms with van der Waals surface area (Å²) in [6.07, 6.45) is 4.11. The molecule has 0 amide bonds. The molecule has 19 heavy (non-hydrogen) atoms. The van der Waals surface area contributed by atoms with Gasteiger partial charge in [0.1, 0.15) is 5.75 Å². The molecule has 1 N–H and O–H groups in total. The van der Waals surface area contributed by atoms with Gasteiger partial charge in [-0.15, -0.1) is 0 Å². The van der Waals surface area contributed by atoms with E-state index in [0.29, 0.717) is 12.1 Å². The maximum absolute atomic E-state index is 5.30. The van der Waals surface area contributed by atoms with E-state index in [-0.39, 0.29) is 0 Å². The lowest BCUT2D eigenvalue weighted by atomic mass is 10.1. The predicted molar refractivity (Wildman–Crippen MR) is 77.5 cm³/mol. The predicted octanol–water partition coefficient (Wildman–Crippen LogP) is 2.58. The Bertz CT molecular complexity index is 431. The molecule has 1 aliphatic carbocycles. The summed E-state index contributed by atoms with van der Waals surface area (Å²) in [6.45, 7) is 4.74. The van der Waals surface area contributed by atoms with Gasteiger partial charge < -0.3 is 10.1 Å². The number of hydrogen-bond donors (Lipinski definition) is 1. The molecular formula is C16H24N2O. The number of rotatable bonds is 5. The summed E-state index contributed by atoms with van der Waals surface area (Å²) >= 11 is 0. The Morgan fingerprint density at radius 3 is 2.89 bits per heavy atom. The van der Waals surface area contributed by atoms with Crippen LogP contribution >= 0.6 is 0 Å². The molecule has 3 nitrogen and oxygen atoms in total. The van der Waals surface area contributed by atoms with Crippen molar-refractivity contribution in [1.29, 1.82) is 0 Å². The van der Waals surface area contributed by atoms with Crippen LogP contribution in [0.2, 0.25) is 0 Å². The van der Waals surface area contributed by atoms with Crippen molar-refractivity contribution in [3.05, 3.63) is 29.8 Å². The van der Waals surface area contributed by atoms with Crippen LogP contribution < -0.4 is 10.1 Å². The highest BCUT2D eigenvalue weighted by atomic mass is 16.5. The Hall–Kier alpha value is -1.06. The fourth-order valence-corrected chi connectivity index (χ4v) is 3.06. The Balaban J connectivity index is 1.56. The quantitative estimate of drug-likeness (QED) is 0.880. The van der Waals surface area contributed by atoms with Gasteiger partial charge in [-0.2, -0.15) is 0 Å². The lowest BCUT2D eigenvalue weighted by molar-refractivity contribution is 0.313. The molecule has 1 heterocycles. The number of nitrogens with one attached hydrogen (secondary N) is 1. The molecule has 1 aliphatic heterocycles. The van der Waals surface area contributed by atoms with Crippen LogP contribution in [0.3, 0.4) is 0 Å². The van der Waals surface area contributed by atoms with E-state index >= 15 is 0 Å². The summed E-state index contributed by atoms with van der Waals surface area (Å²) in [6, 6.07) is 10.3. The van der Waals surface area contributed by atoms with E-state index in [2.05, 4.69) is 35.3 Å². The number of benzene rings is 1. The standard InChI is InChI=1S/C16H24N2O/c1-12(13-4-3-5-16(10-13)19-2)17-14-8-9-18(11-14)15-6-7-15/h3-5,10,12,14-15,17H,6-9,11H2,1-2H3/t12-,14?/m0/s1. The molecule has 2 atom stereocenters. The first-order valence-electron chi connectivity index (χ1n) is 7.40. The van der Waals surface area contributed by atoms with Gasteiger partial charge in [0.25, 0.3) is 0 Å². The summed E-state index contributed by atoms with van der Waals surface area (Å²) in [7, 11) is 1.72. The van der Waals surface area contributed by atoms with E-state index in [1.807, 2.05) is 6.07 Å². The van der Waals surface area contributed by atoms with Gasteiger partial charge in [-0.05, 0) is 43.9 Å². The molecule has 3 rings (SSSR count). The van der Waals surface area contributed by atoms with Crippen LogP contribution in [0.5, 0.6) is 5.75 Å². The molecule has 2 fully saturated rings. The second kappa shape index (κ2) is 5.51. The van der Waals surface area contributed by atoms with Crippen molar-refractivity contribution in [2.24, 2.45) is 0 Å². The average molecular weight is 260 g/mol. The Labute approximate surface area is 115 Å². The summed E-state index contributed by atoms with van der Waals surface area (Å²) < 4.78 is 5.30. The Morgan fingerprint density at radius 2 is 2.16 bits per heavy atom. The zero-order chi connectivity index (χ0) is 13.2. The normalized spacial score (nSPS) is 25.5. The van der Waals surface area contributed by atoms with E-state index < -0.39 is 0 Å². The van der Waals surface area contributed by atoms with Crippen molar-refractivity contribution < 1.29 is 4.74 Å². The van der Waals surface area contributed by atoms with Gasteiger partial charge in [-0.3, -0.25) is 4.90 Å². The number of methoxy groups -OCH3 is 1. The van der Waals surface area contributed by atoms with Crippen molar-refractivity contribution >= 4 is 0 Å². The van der Waals surface area contributed by atoms with Crippen molar-refractivity contribution in [3.63, 3.8) is 0 Å². The maximum Gasteiger partial charge on any atom is 0.119 e. The third-order valence-electron chi connectivity index (χ3n) is 4.36. The van der Waals surface area contributed by atoms with Crippen molar-refractivity contribution in [3.8, 4) is 5.75 Å². The zero-order valence-electron chi connectivity index (χ0n) is 11.9. The highest BCUT2D eigenvalue weighted by molar-refractivity contribution is 5.30. The molecule has 0 bridgehead atoms. The van der Waals surface area contributed by atoms with Crippen LogP contribution in [0.15, 0.2) is 24.3 Å². The molecule has 1 aromatic rings. The number of hydrogen-bond acceptors (Lipinski definition) is 3. The van der Waals surface area contributed by atoms with Gasteiger partial charge in [-0.25, -0.2) is 0 Å². The van der Waals surface area contributed by atoms with Gasteiger partial charge in [0.05, 0.1) is 7.11 Å². The molecule has 104 valence electrons. The first-order chi connectivity index (χ1) is 9.26. The van der Waals surface area contributed by atoms with Gasteiger partial charge in [0.15, 0.2) is 0 Å². The molecular weight excluding hydrogens is 236 g/mol. The fourth-order valence-electron chi connectivity index (χ4n) is 3.06. The van der Waals surface area contributed by atoms with Crippen LogP contribution in [-0.4, -0.2) is 37.2 Å². The fraction of sp³-hybridized carbons (Fsp3) is 0.625. The molecule has 0 spiro atoms. The highest BCUT2D eigenvalue weighted by Crippen LogP contribution is 2.30. The SMILES string of the molecule is COc1cccc([C@H](C)NC2CCN(C3CC3)C2)c1. The summed E-state index contributed by atoms with van der Waals surface area (Å²) in [5.41, 5.74) is 1.31. The molecule has 1 saturated heterocycles. The van der Waals surface area contributed by atoms with Crippen LogP contribution in [0.1, 0.15) is 37.8 Å². The van der Waals surface area contributed by atoms with Gasteiger partial charge in [-0.1, -0.05) is 12.1 Å². The second-order valence-electron chi connectivity index (χ2n) is 5.88.